The van der Waals surface area contributed by atoms with E-state index in [2.05, 4.69) is 15.4 Å². The molecule has 0 bridgehead atoms. The molecule has 1 heterocycles. The Balaban J connectivity index is 2.58. The van der Waals surface area contributed by atoms with Crippen LogP contribution >= 0.6 is 0 Å². The molecule has 7 nitrogen and oxygen atoms in total. The molecule has 114 valence electrons. The predicted molar refractivity (Wildman–Crippen MR) is 74.5 cm³/mol. The maximum Gasteiger partial charge on any atom is 0.273 e. The van der Waals surface area contributed by atoms with E-state index in [4.69, 9.17) is 4.42 Å². The molecule has 0 radical (unpaired) electrons. The molecule has 0 spiro atoms. The molecule has 1 aromatic heterocycles. The van der Waals surface area contributed by atoms with Crippen LogP contribution in [0.3, 0.4) is 0 Å². The van der Waals surface area contributed by atoms with Gasteiger partial charge in [0.1, 0.15) is 5.76 Å². The normalized spacial score (nSPS) is 12.4. The number of rotatable bonds is 7. The first-order valence-electron chi connectivity index (χ1n) is 6.18. The number of carbonyl (C=O) groups excluding carboxylic acids is 1. The van der Waals surface area contributed by atoms with Crippen molar-refractivity contribution in [2.75, 3.05) is 20.6 Å². The van der Waals surface area contributed by atoms with Gasteiger partial charge in [-0.3, -0.25) is 4.79 Å². The lowest BCUT2D eigenvalue weighted by molar-refractivity contribution is -0.128. The van der Waals surface area contributed by atoms with Crippen LogP contribution in [-0.4, -0.2) is 35.0 Å². The Bertz CT molecular complexity index is 563. The average molecular weight is 303 g/mol. The number of carbonyl (C=O) groups is 1. The zero-order valence-corrected chi connectivity index (χ0v) is 12.9. The third-order valence-corrected chi connectivity index (χ3v) is 4.17. The van der Waals surface area contributed by atoms with E-state index in [1.165, 1.54) is 13.1 Å². The summed E-state index contributed by atoms with van der Waals surface area (Å²) in [5.41, 5.74) is -0.554. The van der Waals surface area contributed by atoms with Crippen LogP contribution in [0.1, 0.15) is 19.6 Å². The zero-order chi connectivity index (χ0) is 15.4. The highest BCUT2D eigenvalue weighted by atomic mass is 32.2. The SMILES string of the molecule is CNC(=O)C(C)(C)CNCc1ccc(S(=O)(=O)NC)o1. The van der Waals surface area contributed by atoms with Crippen molar-refractivity contribution in [2.45, 2.75) is 25.5 Å². The minimum atomic E-state index is -3.56. The van der Waals surface area contributed by atoms with Crippen LogP contribution in [0.4, 0.5) is 0 Å². The standard InChI is InChI=1S/C12H21N3O4S/c1-12(2,11(16)13-3)8-15-7-9-5-6-10(19-9)20(17,18)14-4/h5-6,14-15H,7-8H2,1-4H3,(H,13,16). The van der Waals surface area contributed by atoms with E-state index in [-0.39, 0.29) is 11.0 Å². The van der Waals surface area contributed by atoms with E-state index in [0.29, 0.717) is 18.8 Å². The van der Waals surface area contributed by atoms with Crippen LogP contribution in [-0.2, 0) is 21.4 Å². The summed E-state index contributed by atoms with van der Waals surface area (Å²) in [5.74, 6) is 0.425. The molecule has 0 saturated carbocycles. The van der Waals surface area contributed by atoms with Crippen molar-refractivity contribution in [2.24, 2.45) is 5.41 Å². The minimum Gasteiger partial charge on any atom is -0.447 e. The summed E-state index contributed by atoms with van der Waals surface area (Å²) in [6, 6.07) is 2.98. The van der Waals surface area contributed by atoms with E-state index in [1.807, 2.05) is 13.8 Å². The van der Waals surface area contributed by atoms with Gasteiger partial charge in [0, 0.05) is 13.6 Å². The number of hydrogen-bond donors (Lipinski definition) is 3. The van der Waals surface area contributed by atoms with Gasteiger partial charge in [-0.2, -0.15) is 0 Å². The van der Waals surface area contributed by atoms with Crippen molar-refractivity contribution in [1.82, 2.24) is 15.4 Å². The number of amides is 1. The Morgan fingerprint density at radius 3 is 2.50 bits per heavy atom. The lowest BCUT2D eigenvalue weighted by atomic mass is 9.92. The van der Waals surface area contributed by atoms with Gasteiger partial charge in [-0.25, -0.2) is 13.1 Å². The molecule has 0 saturated heterocycles. The van der Waals surface area contributed by atoms with Crippen molar-refractivity contribution in [3.05, 3.63) is 17.9 Å². The first-order chi connectivity index (χ1) is 9.23. The molecule has 0 aliphatic carbocycles. The zero-order valence-electron chi connectivity index (χ0n) is 12.1. The second-order valence-corrected chi connectivity index (χ2v) is 6.81. The van der Waals surface area contributed by atoms with Crippen LogP contribution in [0, 0.1) is 5.41 Å². The molecule has 1 aromatic rings. The fraction of sp³-hybridized carbons (Fsp3) is 0.583. The van der Waals surface area contributed by atoms with E-state index in [9.17, 15) is 13.2 Å². The molecular formula is C12H21N3O4S. The monoisotopic (exact) mass is 303 g/mol. The topological polar surface area (TPSA) is 100 Å². The Hall–Kier alpha value is -1.38. The van der Waals surface area contributed by atoms with Gasteiger partial charge in [0.15, 0.2) is 0 Å². The maximum atomic E-state index is 11.6. The fourth-order valence-corrected chi connectivity index (χ4v) is 2.28. The van der Waals surface area contributed by atoms with E-state index < -0.39 is 15.4 Å². The smallest absolute Gasteiger partial charge is 0.273 e. The molecule has 1 amide bonds. The Morgan fingerprint density at radius 1 is 1.30 bits per heavy atom. The fourth-order valence-electron chi connectivity index (χ4n) is 1.62. The van der Waals surface area contributed by atoms with Crippen LogP contribution in [0.5, 0.6) is 0 Å². The van der Waals surface area contributed by atoms with Gasteiger partial charge >= 0.3 is 0 Å². The van der Waals surface area contributed by atoms with Gasteiger partial charge in [-0.05, 0) is 33.0 Å². The maximum absolute atomic E-state index is 11.6. The van der Waals surface area contributed by atoms with E-state index >= 15 is 0 Å². The van der Waals surface area contributed by atoms with Gasteiger partial charge in [-0.15, -0.1) is 0 Å². The van der Waals surface area contributed by atoms with E-state index in [0.717, 1.165) is 0 Å². The summed E-state index contributed by atoms with van der Waals surface area (Å²) >= 11 is 0. The quantitative estimate of drug-likeness (QED) is 0.661. The molecule has 0 unspecified atom stereocenters. The van der Waals surface area contributed by atoms with Gasteiger partial charge in [0.25, 0.3) is 10.0 Å². The highest BCUT2D eigenvalue weighted by Crippen LogP contribution is 2.15. The van der Waals surface area contributed by atoms with E-state index in [1.54, 1.807) is 13.1 Å². The Kier molecular flexibility index (Phi) is 5.32. The number of sulfonamides is 1. The highest BCUT2D eigenvalue weighted by molar-refractivity contribution is 7.89. The van der Waals surface area contributed by atoms with Gasteiger partial charge < -0.3 is 15.1 Å². The van der Waals surface area contributed by atoms with Crippen molar-refractivity contribution in [3.8, 4) is 0 Å². The minimum absolute atomic E-state index is 0.0668. The largest absolute Gasteiger partial charge is 0.447 e. The lowest BCUT2D eigenvalue weighted by Gasteiger charge is -2.22. The molecule has 0 aliphatic heterocycles. The first-order valence-corrected chi connectivity index (χ1v) is 7.66. The molecule has 0 fully saturated rings. The molecule has 0 atom stereocenters. The van der Waals surface area contributed by atoms with Gasteiger partial charge in [0.2, 0.25) is 11.0 Å². The average Bonchev–Trinajstić information content (AvgIpc) is 2.87. The van der Waals surface area contributed by atoms with Gasteiger partial charge in [-0.1, -0.05) is 0 Å². The molecule has 1 rings (SSSR count). The summed E-state index contributed by atoms with van der Waals surface area (Å²) in [4.78, 5) is 11.6. The predicted octanol–water partition coefficient (Wildman–Crippen LogP) is 0.0495. The molecule has 20 heavy (non-hydrogen) atoms. The number of nitrogens with one attached hydrogen (secondary N) is 3. The Morgan fingerprint density at radius 2 is 1.95 bits per heavy atom. The summed E-state index contributed by atoms with van der Waals surface area (Å²) in [6.07, 6.45) is 0. The van der Waals surface area contributed by atoms with Crippen molar-refractivity contribution in [1.29, 1.82) is 0 Å². The summed E-state index contributed by atoms with van der Waals surface area (Å²) in [7, 11) is -0.647. The van der Waals surface area contributed by atoms with Crippen molar-refractivity contribution < 1.29 is 17.6 Å². The molecule has 0 aromatic carbocycles. The molecule has 3 N–H and O–H groups in total. The van der Waals surface area contributed by atoms with Crippen LogP contribution in [0.25, 0.3) is 0 Å². The molecule has 0 aliphatic rings. The summed E-state index contributed by atoms with van der Waals surface area (Å²) in [6.45, 7) is 4.43. The second-order valence-electron chi connectivity index (χ2n) is 4.99. The second kappa shape index (κ2) is 6.38. The Labute approximate surface area is 119 Å². The third kappa shape index (κ3) is 4.06. The first kappa shape index (κ1) is 16.7. The van der Waals surface area contributed by atoms with Crippen LogP contribution in [0.2, 0.25) is 0 Å². The molecular weight excluding hydrogens is 282 g/mol. The van der Waals surface area contributed by atoms with Crippen LogP contribution < -0.4 is 15.4 Å². The van der Waals surface area contributed by atoms with Crippen LogP contribution in [0.15, 0.2) is 21.6 Å². The summed E-state index contributed by atoms with van der Waals surface area (Å²) in [5, 5.41) is 5.54. The number of furan rings is 1. The third-order valence-electron chi connectivity index (χ3n) is 2.88. The number of hydrogen-bond acceptors (Lipinski definition) is 5. The molecule has 8 heteroatoms. The van der Waals surface area contributed by atoms with Crippen molar-refractivity contribution >= 4 is 15.9 Å². The van der Waals surface area contributed by atoms with Gasteiger partial charge in [0.05, 0.1) is 12.0 Å². The highest BCUT2D eigenvalue weighted by Gasteiger charge is 2.26. The summed E-state index contributed by atoms with van der Waals surface area (Å²) < 4.78 is 30.4. The van der Waals surface area contributed by atoms with Crippen molar-refractivity contribution in [3.63, 3.8) is 0 Å². The lowest BCUT2D eigenvalue weighted by Crippen LogP contribution is -2.41.